The number of hydrogen-bond acceptors (Lipinski definition) is 6. The van der Waals surface area contributed by atoms with E-state index in [1.807, 2.05) is 0 Å². The van der Waals surface area contributed by atoms with Crippen molar-refractivity contribution in [2.24, 2.45) is 0 Å². The molecule has 19 heavy (non-hydrogen) atoms. The predicted octanol–water partition coefficient (Wildman–Crippen LogP) is 3.44. The lowest BCUT2D eigenvalue weighted by Crippen LogP contribution is -2.25. The summed E-state index contributed by atoms with van der Waals surface area (Å²) in [6, 6.07) is 0. The van der Waals surface area contributed by atoms with Crippen LogP contribution in [0.4, 0.5) is 4.79 Å². The number of phosphoric acid groups is 1. The molecule has 0 atom stereocenters. The van der Waals surface area contributed by atoms with Crippen LogP contribution in [0.3, 0.4) is 0 Å². The minimum Gasteiger partial charge on any atom is -0.450 e. The van der Waals surface area contributed by atoms with Crippen LogP contribution in [-0.2, 0) is 22.9 Å². The first-order valence-corrected chi connectivity index (χ1v) is 7.31. The third-order valence-corrected chi connectivity index (χ3v) is 3.37. The number of rotatable bonds is 6. The molecule has 0 saturated heterocycles. The van der Waals surface area contributed by atoms with E-state index >= 15 is 0 Å². The number of phosphoric ester groups is 1. The SMILES string of the molecule is CC(C)(C)OP(=O)(OCCOC(=O)O)OC(C)(C)C. The van der Waals surface area contributed by atoms with Crippen molar-refractivity contribution in [2.45, 2.75) is 52.7 Å². The maximum absolute atomic E-state index is 12.4. The summed E-state index contributed by atoms with van der Waals surface area (Å²) < 4.78 is 32.4. The van der Waals surface area contributed by atoms with Crippen LogP contribution in [0.15, 0.2) is 0 Å². The van der Waals surface area contributed by atoms with Gasteiger partial charge in [-0.3, -0.25) is 13.6 Å². The third-order valence-electron chi connectivity index (χ3n) is 1.33. The number of carbonyl (C=O) groups is 1. The van der Waals surface area contributed by atoms with Gasteiger partial charge in [-0.1, -0.05) is 0 Å². The van der Waals surface area contributed by atoms with Crippen LogP contribution in [0.2, 0.25) is 0 Å². The molecule has 0 fully saturated rings. The molecule has 0 heterocycles. The highest BCUT2D eigenvalue weighted by atomic mass is 31.2. The molecular weight excluding hydrogens is 275 g/mol. The number of hydrogen-bond donors (Lipinski definition) is 1. The van der Waals surface area contributed by atoms with Crippen molar-refractivity contribution < 1.29 is 32.8 Å². The molecule has 0 radical (unpaired) electrons. The van der Waals surface area contributed by atoms with Gasteiger partial charge in [0.1, 0.15) is 6.61 Å². The van der Waals surface area contributed by atoms with Crippen LogP contribution in [-0.4, -0.2) is 35.7 Å². The van der Waals surface area contributed by atoms with E-state index in [0.717, 1.165) is 0 Å². The fraction of sp³-hybridized carbons (Fsp3) is 0.909. The molecule has 7 nitrogen and oxygen atoms in total. The van der Waals surface area contributed by atoms with Crippen molar-refractivity contribution in [3.8, 4) is 0 Å². The minimum absolute atomic E-state index is 0.213. The Morgan fingerprint density at radius 3 is 1.74 bits per heavy atom. The molecule has 114 valence electrons. The van der Waals surface area contributed by atoms with E-state index in [1.54, 1.807) is 41.5 Å². The molecule has 1 N–H and O–H groups in total. The zero-order valence-corrected chi connectivity index (χ0v) is 13.2. The fourth-order valence-corrected chi connectivity index (χ4v) is 2.80. The van der Waals surface area contributed by atoms with Crippen LogP contribution < -0.4 is 0 Å². The average Bonchev–Trinajstić information content (AvgIpc) is 2.05. The maximum Gasteiger partial charge on any atom is 0.505 e. The van der Waals surface area contributed by atoms with Gasteiger partial charge in [-0.2, -0.15) is 0 Å². The summed E-state index contributed by atoms with van der Waals surface area (Å²) in [6.45, 7) is 9.80. The number of carboxylic acid groups (broad SMARTS) is 1. The zero-order valence-electron chi connectivity index (χ0n) is 12.3. The molecule has 0 aliphatic carbocycles. The van der Waals surface area contributed by atoms with Crippen LogP contribution in [0, 0.1) is 0 Å². The second-order valence-electron chi connectivity index (χ2n) is 5.80. The van der Waals surface area contributed by atoms with Gasteiger partial charge in [0.25, 0.3) is 0 Å². The average molecular weight is 298 g/mol. The first-order valence-electron chi connectivity index (χ1n) is 5.85. The topological polar surface area (TPSA) is 91.3 Å². The standard InChI is InChI=1S/C11H23O7P/c1-10(2,3)17-19(14,18-11(4,5)6)16-8-7-15-9(12)13/h7-8H2,1-6H3,(H,12,13). The van der Waals surface area contributed by atoms with E-state index in [-0.39, 0.29) is 13.2 Å². The van der Waals surface area contributed by atoms with E-state index < -0.39 is 25.2 Å². The highest BCUT2D eigenvalue weighted by molar-refractivity contribution is 7.48. The Morgan fingerprint density at radius 1 is 1.00 bits per heavy atom. The highest BCUT2D eigenvalue weighted by Crippen LogP contribution is 2.55. The van der Waals surface area contributed by atoms with Crippen LogP contribution >= 0.6 is 7.82 Å². The van der Waals surface area contributed by atoms with Gasteiger partial charge in [-0.25, -0.2) is 9.36 Å². The summed E-state index contributed by atoms with van der Waals surface area (Å²) in [4.78, 5) is 10.2. The predicted molar refractivity (Wildman–Crippen MR) is 69.2 cm³/mol. The Bertz CT molecular complexity index is 320. The molecule has 8 heteroatoms. The molecule has 0 rings (SSSR count). The maximum atomic E-state index is 12.4. The third kappa shape index (κ3) is 10.9. The first-order chi connectivity index (χ1) is 8.33. The normalized spacial score (nSPS) is 13.4. The van der Waals surface area contributed by atoms with E-state index in [0.29, 0.717) is 0 Å². The smallest absolute Gasteiger partial charge is 0.450 e. The van der Waals surface area contributed by atoms with Gasteiger partial charge >= 0.3 is 14.0 Å². The Morgan fingerprint density at radius 2 is 1.42 bits per heavy atom. The van der Waals surface area contributed by atoms with Crippen molar-refractivity contribution in [1.82, 2.24) is 0 Å². The molecule has 0 saturated carbocycles. The van der Waals surface area contributed by atoms with Crippen molar-refractivity contribution in [1.29, 1.82) is 0 Å². The van der Waals surface area contributed by atoms with Gasteiger partial charge in [0.2, 0.25) is 0 Å². The van der Waals surface area contributed by atoms with E-state index in [2.05, 4.69) is 4.74 Å². The molecule has 0 bridgehead atoms. The van der Waals surface area contributed by atoms with Gasteiger partial charge in [0.15, 0.2) is 0 Å². The van der Waals surface area contributed by atoms with E-state index in [9.17, 15) is 9.36 Å². The first kappa shape index (κ1) is 18.4. The molecule has 0 spiro atoms. The van der Waals surface area contributed by atoms with E-state index in [1.165, 1.54) is 0 Å². The Balaban J connectivity index is 4.59. The van der Waals surface area contributed by atoms with E-state index in [4.69, 9.17) is 18.7 Å². The molecular formula is C11H23O7P. The van der Waals surface area contributed by atoms with Crippen molar-refractivity contribution in [3.63, 3.8) is 0 Å². The second-order valence-corrected chi connectivity index (χ2v) is 7.32. The second kappa shape index (κ2) is 6.70. The largest absolute Gasteiger partial charge is 0.505 e. The number of ether oxygens (including phenoxy) is 1. The van der Waals surface area contributed by atoms with Gasteiger partial charge < -0.3 is 9.84 Å². The molecule has 0 amide bonds. The van der Waals surface area contributed by atoms with Gasteiger partial charge in [-0.15, -0.1) is 0 Å². The molecule has 0 aliphatic heterocycles. The Kier molecular flexibility index (Phi) is 6.48. The minimum atomic E-state index is -3.80. The lowest BCUT2D eigenvalue weighted by atomic mass is 10.2. The van der Waals surface area contributed by atoms with Crippen molar-refractivity contribution >= 4 is 14.0 Å². The van der Waals surface area contributed by atoms with Gasteiger partial charge in [-0.05, 0) is 41.5 Å². The van der Waals surface area contributed by atoms with Crippen molar-refractivity contribution in [3.05, 3.63) is 0 Å². The highest BCUT2D eigenvalue weighted by Gasteiger charge is 2.37. The lowest BCUT2D eigenvalue weighted by molar-refractivity contribution is -0.00448. The van der Waals surface area contributed by atoms with Gasteiger partial charge in [0.05, 0.1) is 17.8 Å². The van der Waals surface area contributed by atoms with Crippen LogP contribution in [0.1, 0.15) is 41.5 Å². The summed E-state index contributed by atoms with van der Waals surface area (Å²) >= 11 is 0. The molecule has 0 unspecified atom stereocenters. The Hall–Kier alpha value is -0.620. The fourth-order valence-electron chi connectivity index (χ4n) is 1.02. The summed E-state index contributed by atoms with van der Waals surface area (Å²) in [5, 5.41) is 8.31. The van der Waals surface area contributed by atoms with Gasteiger partial charge in [0, 0.05) is 0 Å². The molecule has 0 aromatic rings. The monoisotopic (exact) mass is 298 g/mol. The molecule has 0 aromatic carbocycles. The van der Waals surface area contributed by atoms with Crippen LogP contribution in [0.5, 0.6) is 0 Å². The summed E-state index contributed by atoms with van der Waals surface area (Å²) in [5.74, 6) is 0. The zero-order chi connectivity index (χ0) is 15.3. The summed E-state index contributed by atoms with van der Waals surface area (Å²) in [5.41, 5.74) is -1.46. The quantitative estimate of drug-likeness (QED) is 0.456. The summed E-state index contributed by atoms with van der Waals surface area (Å²) in [7, 11) is -3.80. The molecule has 0 aromatic heterocycles. The van der Waals surface area contributed by atoms with Crippen LogP contribution in [0.25, 0.3) is 0 Å². The molecule has 0 aliphatic rings. The van der Waals surface area contributed by atoms with Crippen molar-refractivity contribution in [2.75, 3.05) is 13.2 Å². The lowest BCUT2D eigenvalue weighted by Gasteiger charge is -2.30. The summed E-state index contributed by atoms with van der Waals surface area (Å²) in [6.07, 6.45) is -1.42. The Labute approximate surface area is 113 Å².